The van der Waals surface area contributed by atoms with E-state index >= 15 is 0 Å². The number of halogens is 3. The van der Waals surface area contributed by atoms with Gasteiger partial charge in [0.25, 0.3) is 0 Å². The first-order valence-corrected chi connectivity index (χ1v) is 9.35. The number of guanidine groups is 1. The van der Waals surface area contributed by atoms with Gasteiger partial charge in [0, 0.05) is 25.7 Å². The van der Waals surface area contributed by atoms with E-state index in [2.05, 4.69) is 27.4 Å². The van der Waals surface area contributed by atoms with Crippen LogP contribution in [-0.2, 0) is 12.7 Å². The van der Waals surface area contributed by atoms with Gasteiger partial charge < -0.3 is 15.5 Å². The van der Waals surface area contributed by atoms with Crippen molar-refractivity contribution in [3.05, 3.63) is 35.4 Å². The summed E-state index contributed by atoms with van der Waals surface area (Å²) in [7, 11) is 0. The molecule has 0 saturated carbocycles. The van der Waals surface area contributed by atoms with Gasteiger partial charge in [-0.1, -0.05) is 19.1 Å². The fraction of sp³-hybridized carbons (Fsp3) is 0.632. The van der Waals surface area contributed by atoms with Crippen LogP contribution < -0.4 is 10.6 Å². The molecule has 0 radical (unpaired) electrons. The zero-order chi connectivity index (χ0) is 19.0. The number of hydrogen-bond acceptors (Lipinski definition) is 2. The Bertz CT molecular complexity index is 561. The van der Waals surface area contributed by atoms with Crippen molar-refractivity contribution >= 4 is 5.96 Å². The number of rotatable bonds is 6. The average molecular weight is 370 g/mol. The maximum Gasteiger partial charge on any atom is 0.416 e. The first-order chi connectivity index (χ1) is 12.4. The molecule has 1 fully saturated rings. The lowest BCUT2D eigenvalue weighted by Crippen LogP contribution is -2.48. The monoisotopic (exact) mass is 370 g/mol. The van der Waals surface area contributed by atoms with Crippen LogP contribution in [0.5, 0.6) is 0 Å². The van der Waals surface area contributed by atoms with E-state index in [1.54, 1.807) is 0 Å². The highest BCUT2D eigenvalue weighted by Crippen LogP contribution is 2.29. The van der Waals surface area contributed by atoms with Crippen LogP contribution in [0.3, 0.4) is 0 Å². The molecule has 2 rings (SSSR count). The topological polar surface area (TPSA) is 39.7 Å². The van der Waals surface area contributed by atoms with Gasteiger partial charge in [-0.05, 0) is 50.4 Å². The average Bonchev–Trinajstić information content (AvgIpc) is 2.61. The molecule has 2 N–H and O–H groups in total. The predicted octanol–water partition coefficient (Wildman–Crippen LogP) is 3.63. The van der Waals surface area contributed by atoms with Crippen molar-refractivity contribution < 1.29 is 13.2 Å². The Morgan fingerprint density at radius 3 is 2.35 bits per heavy atom. The van der Waals surface area contributed by atoms with Gasteiger partial charge in [-0.3, -0.25) is 0 Å². The van der Waals surface area contributed by atoms with Crippen LogP contribution in [0.4, 0.5) is 13.2 Å². The lowest BCUT2D eigenvalue weighted by molar-refractivity contribution is -0.137. The Labute approximate surface area is 153 Å². The van der Waals surface area contributed by atoms with Gasteiger partial charge in [0.05, 0.1) is 12.1 Å². The minimum absolute atomic E-state index is 0.349. The highest BCUT2D eigenvalue weighted by molar-refractivity contribution is 5.80. The standard InChI is InChI=1S/C19H29F3N4/c1-3-11-26-12-9-17(10-13-26)25-18(23-4-2)24-14-15-5-7-16(8-6-15)19(20,21)22/h5-8,17H,3-4,9-14H2,1-2H3,(H2,23,24,25). The van der Waals surface area contributed by atoms with Crippen molar-refractivity contribution in [2.75, 3.05) is 26.2 Å². The molecular weight excluding hydrogens is 341 g/mol. The molecule has 1 aliphatic rings. The van der Waals surface area contributed by atoms with E-state index in [1.165, 1.54) is 18.6 Å². The van der Waals surface area contributed by atoms with E-state index in [4.69, 9.17) is 0 Å². The summed E-state index contributed by atoms with van der Waals surface area (Å²) < 4.78 is 37.9. The molecule has 1 aliphatic heterocycles. The van der Waals surface area contributed by atoms with E-state index in [0.717, 1.165) is 62.7 Å². The highest BCUT2D eigenvalue weighted by atomic mass is 19.4. The number of hydrogen-bond donors (Lipinski definition) is 2. The molecule has 0 amide bonds. The SMILES string of the molecule is CCCN1CCC(NC(=NCc2ccc(C(F)(F)F)cc2)NCC)CC1. The fourth-order valence-electron chi connectivity index (χ4n) is 3.10. The number of likely N-dealkylation sites (tertiary alicyclic amines) is 1. The molecule has 0 aromatic heterocycles. The second kappa shape index (κ2) is 9.80. The molecule has 0 aliphatic carbocycles. The lowest BCUT2D eigenvalue weighted by Gasteiger charge is -2.32. The van der Waals surface area contributed by atoms with Gasteiger partial charge in [-0.2, -0.15) is 13.2 Å². The number of nitrogens with one attached hydrogen (secondary N) is 2. The van der Waals surface area contributed by atoms with Crippen molar-refractivity contribution in [3.8, 4) is 0 Å². The van der Waals surface area contributed by atoms with Crippen molar-refractivity contribution in [2.45, 2.75) is 51.9 Å². The summed E-state index contributed by atoms with van der Waals surface area (Å²) >= 11 is 0. The van der Waals surface area contributed by atoms with Crippen LogP contribution >= 0.6 is 0 Å². The van der Waals surface area contributed by atoms with E-state index in [0.29, 0.717) is 12.6 Å². The third-order valence-electron chi connectivity index (χ3n) is 4.51. The van der Waals surface area contributed by atoms with Crippen molar-refractivity contribution in [2.24, 2.45) is 4.99 Å². The summed E-state index contributed by atoms with van der Waals surface area (Å²) in [5.41, 5.74) is 0.127. The van der Waals surface area contributed by atoms with Crippen molar-refractivity contribution in [3.63, 3.8) is 0 Å². The highest BCUT2D eigenvalue weighted by Gasteiger charge is 2.29. The van der Waals surface area contributed by atoms with Crippen LogP contribution in [0.2, 0.25) is 0 Å². The maximum absolute atomic E-state index is 12.6. The number of piperidine rings is 1. The number of nitrogens with zero attached hydrogens (tertiary/aromatic N) is 2. The summed E-state index contributed by atoms with van der Waals surface area (Å²) in [6.07, 6.45) is -0.977. The van der Waals surface area contributed by atoms with Gasteiger partial charge in [0.15, 0.2) is 5.96 Å². The van der Waals surface area contributed by atoms with Crippen LogP contribution in [0, 0.1) is 0 Å². The largest absolute Gasteiger partial charge is 0.416 e. The molecule has 146 valence electrons. The second-order valence-electron chi connectivity index (χ2n) is 6.65. The minimum atomic E-state index is -4.30. The van der Waals surface area contributed by atoms with Crippen LogP contribution in [0.25, 0.3) is 0 Å². The summed E-state index contributed by atoms with van der Waals surface area (Å²) in [4.78, 5) is 7.00. The summed E-state index contributed by atoms with van der Waals surface area (Å²) in [5.74, 6) is 0.723. The third-order valence-corrected chi connectivity index (χ3v) is 4.51. The van der Waals surface area contributed by atoms with Gasteiger partial charge in [-0.15, -0.1) is 0 Å². The Hall–Kier alpha value is -1.76. The van der Waals surface area contributed by atoms with E-state index in [1.807, 2.05) is 6.92 Å². The van der Waals surface area contributed by atoms with E-state index in [9.17, 15) is 13.2 Å². The van der Waals surface area contributed by atoms with Gasteiger partial charge in [0.2, 0.25) is 0 Å². The smallest absolute Gasteiger partial charge is 0.357 e. The van der Waals surface area contributed by atoms with Gasteiger partial charge >= 0.3 is 6.18 Å². The van der Waals surface area contributed by atoms with Gasteiger partial charge in [-0.25, -0.2) is 4.99 Å². The fourth-order valence-corrected chi connectivity index (χ4v) is 3.10. The summed E-state index contributed by atoms with van der Waals surface area (Å²) in [5, 5.41) is 6.68. The summed E-state index contributed by atoms with van der Waals surface area (Å²) in [6, 6.07) is 5.56. The molecular formula is C19H29F3N4. The van der Waals surface area contributed by atoms with Crippen LogP contribution in [-0.4, -0.2) is 43.1 Å². The lowest BCUT2D eigenvalue weighted by atomic mass is 10.1. The van der Waals surface area contributed by atoms with Crippen molar-refractivity contribution in [1.82, 2.24) is 15.5 Å². The van der Waals surface area contributed by atoms with Crippen molar-refractivity contribution in [1.29, 1.82) is 0 Å². The third kappa shape index (κ3) is 6.52. The molecule has 4 nitrogen and oxygen atoms in total. The van der Waals surface area contributed by atoms with E-state index in [-0.39, 0.29) is 0 Å². The zero-order valence-electron chi connectivity index (χ0n) is 15.6. The second-order valence-corrected chi connectivity index (χ2v) is 6.65. The molecule has 1 heterocycles. The molecule has 1 aromatic carbocycles. The normalized spacial score (nSPS) is 17.3. The molecule has 0 atom stereocenters. The molecule has 1 saturated heterocycles. The van der Waals surface area contributed by atoms with E-state index < -0.39 is 11.7 Å². The van der Waals surface area contributed by atoms with Crippen LogP contribution in [0.15, 0.2) is 29.3 Å². The molecule has 0 spiro atoms. The maximum atomic E-state index is 12.6. The summed E-state index contributed by atoms with van der Waals surface area (Å²) in [6.45, 7) is 8.61. The molecule has 7 heteroatoms. The molecule has 0 bridgehead atoms. The molecule has 0 unspecified atom stereocenters. The zero-order valence-corrected chi connectivity index (χ0v) is 15.6. The minimum Gasteiger partial charge on any atom is -0.357 e. The number of alkyl halides is 3. The quantitative estimate of drug-likeness (QED) is 0.593. The number of aliphatic imine (C=N–C) groups is 1. The molecule has 26 heavy (non-hydrogen) atoms. The molecule has 1 aromatic rings. The predicted molar refractivity (Wildman–Crippen MR) is 99.1 cm³/mol. The Morgan fingerprint density at radius 1 is 1.15 bits per heavy atom. The van der Waals surface area contributed by atoms with Crippen LogP contribution in [0.1, 0.15) is 44.2 Å². The first kappa shape index (κ1) is 20.6. The Morgan fingerprint density at radius 2 is 1.81 bits per heavy atom. The first-order valence-electron chi connectivity index (χ1n) is 9.35. The van der Waals surface area contributed by atoms with Gasteiger partial charge in [0.1, 0.15) is 0 Å². The Kier molecular flexibility index (Phi) is 7.75. The number of benzene rings is 1. The Balaban J connectivity index is 1.90.